The van der Waals surface area contributed by atoms with Crippen LogP contribution in [0.1, 0.15) is 34.1 Å². The number of hydrogen-bond donors (Lipinski definition) is 0. The van der Waals surface area contributed by atoms with E-state index in [0.29, 0.717) is 26.2 Å². The predicted molar refractivity (Wildman–Crippen MR) is 67.3 cm³/mol. The molecule has 0 aliphatic heterocycles. The Kier molecular flexibility index (Phi) is 7.78. The van der Waals surface area contributed by atoms with Crippen molar-refractivity contribution >= 4 is 11.8 Å². The molecule has 18 heavy (non-hydrogen) atoms. The fraction of sp³-hybridized carbons (Fsp3) is 0.846. The summed E-state index contributed by atoms with van der Waals surface area (Å²) in [6.07, 6.45) is 0.335. The van der Waals surface area contributed by atoms with Crippen molar-refractivity contribution in [2.24, 2.45) is 5.92 Å². The first kappa shape index (κ1) is 17.1. The van der Waals surface area contributed by atoms with Crippen molar-refractivity contribution in [3.8, 4) is 0 Å². The highest BCUT2D eigenvalue weighted by molar-refractivity contribution is 5.86. The number of hydrogen-bond acceptors (Lipinski definition) is 5. The zero-order valence-electron chi connectivity index (χ0n) is 11.9. The standard InChI is InChI=1S/C13H24O5/c1-10(8-17-11(2)14)9-18-13(3,4)12(15)6-7-16-5/h10H,6-9H2,1-5H3. The molecule has 0 bridgehead atoms. The van der Waals surface area contributed by atoms with E-state index >= 15 is 0 Å². The summed E-state index contributed by atoms with van der Waals surface area (Å²) < 4.78 is 15.3. The highest BCUT2D eigenvalue weighted by Crippen LogP contribution is 2.15. The van der Waals surface area contributed by atoms with E-state index in [9.17, 15) is 9.59 Å². The summed E-state index contributed by atoms with van der Waals surface area (Å²) in [4.78, 5) is 22.5. The van der Waals surface area contributed by atoms with Gasteiger partial charge in [0.25, 0.3) is 0 Å². The van der Waals surface area contributed by atoms with E-state index in [1.165, 1.54) is 6.92 Å². The van der Waals surface area contributed by atoms with Gasteiger partial charge < -0.3 is 14.2 Å². The van der Waals surface area contributed by atoms with Crippen molar-refractivity contribution in [2.45, 2.75) is 39.7 Å². The lowest BCUT2D eigenvalue weighted by Gasteiger charge is -2.25. The Morgan fingerprint density at radius 1 is 1.22 bits per heavy atom. The van der Waals surface area contributed by atoms with Gasteiger partial charge in [0, 0.05) is 26.4 Å². The first-order chi connectivity index (χ1) is 8.29. The molecule has 5 nitrogen and oxygen atoms in total. The third-order valence-corrected chi connectivity index (χ3v) is 2.50. The van der Waals surface area contributed by atoms with Gasteiger partial charge in [-0.15, -0.1) is 0 Å². The van der Waals surface area contributed by atoms with Crippen molar-refractivity contribution in [3.05, 3.63) is 0 Å². The second-order valence-electron chi connectivity index (χ2n) is 4.90. The van der Waals surface area contributed by atoms with Crippen LogP contribution in [0.25, 0.3) is 0 Å². The van der Waals surface area contributed by atoms with E-state index in [-0.39, 0.29) is 17.7 Å². The molecule has 0 N–H and O–H groups in total. The number of Topliss-reactive ketones (excluding diaryl/α,β-unsaturated/α-hetero) is 1. The first-order valence-electron chi connectivity index (χ1n) is 6.09. The zero-order valence-corrected chi connectivity index (χ0v) is 11.9. The van der Waals surface area contributed by atoms with Crippen LogP contribution in [-0.2, 0) is 23.8 Å². The van der Waals surface area contributed by atoms with Crippen molar-refractivity contribution < 1.29 is 23.8 Å². The molecule has 0 aromatic heterocycles. The second-order valence-corrected chi connectivity index (χ2v) is 4.90. The molecule has 0 amide bonds. The lowest BCUT2D eigenvalue weighted by atomic mass is 10.0. The lowest BCUT2D eigenvalue weighted by molar-refractivity contribution is -0.148. The van der Waals surface area contributed by atoms with Gasteiger partial charge in [-0.05, 0) is 13.8 Å². The van der Waals surface area contributed by atoms with Crippen LogP contribution in [0.5, 0.6) is 0 Å². The molecule has 0 aliphatic rings. The molecule has 0 heterocycles. The fourth-order valence-corrected chi connectivity index (χ4v) is 1.23. The number of carbonyl (C=O) groups excluding carboxylic acids is 2. The van der Waals surface area contributed by atoms with Gasteiger partial charge in [0.2, 0.25) is 0 Å². The summed E-state index contributed by atoms with van der Waals surface area (Å²) in [6, 6.07) is 0. The third kappa shape index (κ3) is 7.40. The number of esters is 1. The molecule has 0 fully saturated rings. The Balaban J connectivity index is 4.01. The smallest absolute Gasteiger partial charge is 0.302 e. The third-order valence-electron chi connectivity index (χ3n) is 2.50. The molecule has 0 saturated heterocycles. The van der Waals surface area contributed by atoms with Gasteiger partial charge in [-0.3, -0.25) is 9.59 Å². The molecule has 1 unspecified atom stereocenters. The van der Waals surface area contributed by atoms with Gasteiger partial charge in [0.1, 0.15) is 5.60 Å². The van der Waals surface area contributed by atoms with Gasteiger partial charge in [-0.1, -0.05) is 6.92 Å². The minimum absolute atomic E-state index is 0.00374. The molecule has 5 heteroatoms. The van der Waals surface area contributed by atoms with Gasteiger partial charge in [0.15, 0.2) is 5.78 Å². The zero-order chi connectivity index (χ0) is 14.2. The largest absolute Gasteiger partial charge is 0.466 e. The van der Waals surface area contributed by atoms with Gasteiger partial charge in [0.05, 0.1) is 19.8 Å². The molecule has 106 valence electrons. The topological polar surface area (TPSA) is 61.8 Å². The van der Waals surface area contributed by atoms with Crippen LogP contribution in [0, 0.1) is 5.92 Å². The maximum atomic E-state index is 11.8. The molecule has 1 atom stereocenters. The fourth-order valence-electron chi connectivity index (χ4n) is 1.23. The molecular weight excluding hydrogens is 236 g/mol. The Morgan fingerprint density at radius 3 is 2.33 bits per heavy atom. The van der Waals surface area contributed by atoms with Crippen LogP contribution in [0.2, 0.25) is 0 Å². The Bertz CT molecular complexity index is 273. The van der Waals surface area contributed by atoms with Gasteiger partial charge >= 0.3 is 5.97 Å². The van der Waals surface area contributed by atoms with E-state index in [4.69, 9.17) is 14.2 Å². The quantitative estimate of drug-likeness (QED) is 0.589. The van der Waals surface area contributed by atoms with Crippen LogP contribution in [0.4, 0.5) is 0 Å². The van der Waals surface area contributed by atoms with E-state index < -0.39 is 5.60 Å². The van der Waals surface area contributed by atoms with Crippen LogP contribution < -0.4 is 0 Å². The lowest BCUT2D eigenvalue weighted by Crippen LogP contribution is -2.37. The molecule has 0 spiro atoms. The summed E-state index contributed by atoms with van der Waals surface area (Å²) >= 11 is 0. The van der Waals surface area contributed by atoms with E-state index in [1.807, 2.05) is 6.92 Å². The van der Waals surface area contributed by atoms with Crippen LogP contribution in [0.15, 0.2) is 0 Å². The number of carbonyl (C=O) groups is 2. The second kappa shape index (κ2) is 8.21. The van der Waals surface area contributed by atoms with E-state index in [0.717, 1.165) is 0 Å². The molecule has 0 saturated carbocycles. The average Bonchev–Trinajstić information content (AvgIpc) is 2.30. The monoisotopic (exact) mass is 260 g/mol. The Labute approximate surface area is 109 Å². The van der Waals surface area contributed by atoms with Gasteiger partial charge in [-0.25, -0.2) is 0 Å². The molecule has 0 aliphatic carbocycles. The minimum Gasteiger partial charge on any atom is -0.466 e. The van der Waals surface area contributed by atoms with Crippen molar-refractivity contribution in [1.82, 2.24) is 0 Å². The van der Waals surface area contributed by atoms with Crippen LogP contribution in [0.3, 0.4) is 0 Å². The molecular formula is C13H24O5. The maximum Gasteiger partial charge on any atom is 0.302 e. The van der Waals surface area contributed by atoms with Crippen LogP contribution in [-0.4, -0.2) is 44.3 Å². The molecule has 0 aromatic carbocycles. The molecule has 0 rings (SSSR count). The predicted octanol–water partition coefficient (Wildman–Crippen LogP) is 1.59. The number of rotatable bonds is 9. The summed E-state index contributed by atoms with van der Waals surface area (Å²) in [5.74, 6) is -0.246. The summed E-state index contributed by atoms with van der Waals surface area (Å²) in [5, 5.41) is 0. The molecule has 0 aromatic rings. The summed E-state index contributed by atoms with van der Waals surface area (Å²) in [5.41, 5.74) is -0.830. The first-order valence-corrected chi connectivity index (χ1v) is 6.09. The maximum absolute atomic E-state index is 11.8. The minimum atomic E-state index is -0.830. The highest BCUT2D eigenvalue weighted by Gasteiger charge is 2.28. The molecule has 0 radical (unpaired) electrons. The summed E-state index contributed by atoms with van der Waals surface area (Å²) in [7, 11) is 1.56. The van der Waals surface area contributed by atoms with Gasteiger partial charge in [-0.2, -0.15) is 0 Å². The number of methoxy groups -OCH3 is 1. The highest BCUT2D eigenvalue weighted by atomic mass is 16.5. The van der Waals surface area contributed by atoms with Crippen molar-refractivity contribution in [3.63, 3.8) is 0 Å². The van der Waals surface area contributed by atoms with E-state index in [1.54, 1.807) is 21.0 Å². The van der Waals surface area contributed by atoms with E-state index in [2.05, 4.69) is 0 Å². The van der Waals surface area contributed by atoms with Crippen molar-refractivity contribution in [1.29, 1.82) is 0 Å². The Hall–Kier alpha value is -0.940. The van der Waals surface area contributed by atoms with Crippen molar-refractivity contribution in [2.75, 3.05) is 26.9 Å². The number of ether oxygens (including phenoxy) is 3. The Morgan fingerprint density at radius 2 is 1.83 bits per heavy atom. The SMILES string of the molecule is COCCC(=O)C(C)(C)OCC(C)COC(C)=O. The summed E-state index contributed by atoms with van der Waals surface area (Å²) in [6.45, 7) is 7.82. The number of ketones is 1. The average molecular weight is 260 g/mol. The normalized spacial score (nSPS) is 13.2. The van der Waals surface area contributed by atoms with Crippen LogP contribution >= 0.6 is 0 Å².